The number of nitrogen functional groups attached to an aromatic ring is 1. The second-order valence-corrected chi connectivity index (χ2v) is 5.44. The van der Waals surface area contributed by atoms with Crippen molar-refractivity contribution in [2.45, 2.75) is 13.5 Å². The summed E-state index contributed by atoms with van der Waals surface area (Å²) >= 11 is 1.65. The second kappa shape index (κ2) is 4.81. The summed E-state index contributed by atoms with van der Waals surface area (Å²) in [4.78, 5) is 4.46. The van der Waals surface area contributed by atoms with Crippen molar-refractivity contribution in [1.82, 2.24) is 15.2 Å². The first kappa shape index (κ1) is 11.9. The first-order valence-corrected chi connectivity index (χ1v) is 6.71. The number of aromatic nitrogens is 3. The summed E-state index contributed by atoms with van der Waals surface area (Å²) in [5, 5.41) is 12.2. The zero-order chi connectivity index (χ0) is 13.2. The molecule has 6 heteroatoms. The molecule has 96 valence electrons. The number of benzene rings is 1. The first-order valence-electron chi connectivity index (χ1n) is 5.89. The van der Waals surface area contributed by atoms with Gasteiger partial charge in [-0.25, -0.2) is 4.98 Å². The number of fused-ring (bicyclic) bond motifs is 1. The minimum atomic E-state index is 0.590. The lowest BCUT2D eigenvalue weighted by Crippen LogP contribution is -2.04. The third-order valence-corrected chi connectivity index (χ3v) is 3.69. The molecule has 0 saturated heterocycles. The minimum Gasteiger partial charge on any atom is -0.397 e. The molecule has 0 atom stereocenters. The molecule has 0 unspecified atom stereocenters. The Labute approximate surface area is 114 Å². The van der Waals surface area contributed by atoms with Gasteiger partial charge in [-0.3, -0.25) is 0 Å². The van der Waals surface area contributed by atoms with E-state index in [1.807, 2.05) is 31.2 Å². The lowest BCUT2D eigenvalue weighted by atomic mass is 10.2. The predicted molar refractivity (Wildman–Crippen MR) is 78.1 cm³/mol. The molecule has 0 amide bonds. The van der Waals surface area contributed by atoms with Crippen LogP contribution in [0.4, 0.5) is 11.4 Å². The van der Waals surface area contributed by atoms with E-state index in [1.54, 1.807) is 17.5 Å². The molecule has 0 aliphatic heterocycles. The fraction of sp³-hybridized carbons (Fsp3) is 0.154. The Bertz CT molecular complexity index is 708. The van der Waals surface area contributed by atoms with Crippen molar-refractivity contribution in [3.63, 3.8) is 0 Å². The maximum Gasteiger partial charge on any atom is 0.0907 e. The second-order valence-electron chi connectivity index (χ2n) is 4.21. The van der Waals surface area contributed by atoms with Gasteiger partial charge in [0, 0.05) is 6.20 Å². The lowest BCUT2D eigenvalue weighted by molar-refractivity contribution is 0.925. The van der Waals surface area contributed by atoms with Crippen LogP contribution in [-0.4, -0.2) is 15.2 Å². The molecule has 2 aromatic heterocycles. The SMILES string of the molecule is Cc1nc2cc(NCc3cccnn3)c(N)cc2s1. The highest BCUT2D eigenvalue weighted by Crippen LogP contribution is 2.29. The van der Waals surface area contributed by atoms with Crippen LogP contribution in [-0.2, 0) is 6.54 Å². The van der Waals surface area contributed by atoms with Gasteiger partial charge in [-0.05, 0) is 31.2 Å². The molecule has 3 aromatic rings. The third kappa shape index (κ3) is 2.48. The number of aryl methyl sites for hydroxylation is 1. The summed E-state index contributed by atoms with van der Waals surface area (Å²) in [5.74, 6) is 0. The van der Waals surface area contributed by atoms with E-state index in [0.717, 1.165) is 32.3 Å². The highest BCUT2D eigenvalue weighted by Gasteiger charge is 2.06. The molecular weight excluding hydrogens is 258 g/mol. The highest BCUT2D eigenvalue weighted by molar-refractivity contribution is 7.18. The van der Waals surface area contributed by atoms with Gasteiger partial charge in [0.15, 0.2) is 0 Å². The van der Waals surface area contributed by atoms with Crippen molar-refractivity contribution >= 4 is 32.9 Å². The van der Waals surface area contributed by atoms with E-state index >= 15 is 0 Å². The Hall–Kier alpha value is -2.21. The van der Waals surface area contributed by atoms with Gasteiger partial charge in [-0.15, -0.1) is 11.3 Å². The Kier molecular flexibility index (Phi) is 3.00. The maximum atomic E-state index is 6.04. The fourth-order valence-electron chi connectivity index (χ4n) is 1.87. The van der Waals surface area contributed by atoms with Crippen LogP contribution in [0.1, 0.15) is 10.7 Å². The summed E-state index contributed by atoms with van der Waals surface area (Å²) in [5.41, 5.74) is 9.48. The summed E-state index contributed by atoms with van der Waals surface area (Å²) in [6, 6.07) is 7.71. The summed E-state index contributed by atoms with van der Waals surface area (Å²) in [6.45, 7) is 2.58. The standard InChI is InChI=1S/C13H13N5S/c1-8-17-12-6-11(10(14)5-13(12)19-8)15-7-9-3-2-4-16-18-9/h2-6,15H,7,14H2,1H3. The number of hydrogen-bond donors (Lipinski definition) is 2. The summed E-state index contributed by atoms with van der Waals surface area (Å²) < 4.78 is 1.11. The minimum absolute atomic E-state index is 0.590. The van der Waals surface area contributed by atoms with Crippen LogP contribution in [0.5, 0.6) is 0 Å². The molecule has 0 fully saturated rings. The largest absolute Gasteiger partial charge is 0.397 e. The van der Waals surface area contributed by atoms with Gasteiger partial charge in [0.05, 0.1) is 38.8 Å². The van der Waals surface area contributed by atoms with Crippen molar-refractivity contribution < 1.29 is 0 Å². The average Bonchev–Trinajstić information content (AvgIpc) is 2.76. The number of nitrogens with one attached hydrogen (secondary N) is 1. The molecule has 1 aromatic carbocycles. The van der Waals surface area contributed by atoms with Crippen LogP contribution < -0.4 is 11.1 Å². The smallest absolute Gasteiger partial charge is 0.0907 e. The van der Waals surface area contributed by atoms with Crippen LogP contribution in [0.25, 0.3) is 10.2 Å². The van der Waals surface area contributed by atoms with Crippen LogP contribution in [0, 0.1) is 6.92 Å². The van der Waals surface area contributed by atoms with E-state index in [-0.39, 0.29) is 0 Å². The Morgan fingerprint density at radius 3 is 3.05 bits per heavy atom. The van der Waals surface area contributed by atoms with Crippen molar-refractivity contribution in [3.05, 3.63) is 41.2 Å². The van der Waals surface area contributed by atoms with Crippen molar-refractivity contribution in [2.24, 2.45) is 0 Å². The van der Waals surface area contributed by atoms with Crippen molar-refractivity contribution in [2.75, 3.05) is 11.1 Å². The van der Waals surface area contributed by atoms with Crippen molar-refractivity contribution in [1.29, 1.82) is 0 Å². The number of anilines is 2. The Balaban J connectivity index is 1.86. The quantitative estimate of drug-likeness (QED) is 0.716. The molecule has 0 aliphatic rings. The predicted octanol–water partition coefficient (Wildman–Crippen LogP) is 2.59. The average molecular weight is 271 g/mol. The molecule has 0 spiro atoms. The van der Waals surface area contributed by atoms with E-state index in [4.69, 9.17) is 5.73 Å². The zero-order valence-electron chi connectivity index (χ0n) is 10.4. The molecule has 5 nitrogen and oxygen atoms in total. The zero-order valence-corrected chi connectivity index (χ0v) is 11.2. The number of nitrogens with zero attached hydrogens (tertiary/aromatic N) is 3. The topological polar surface area (TPSA) is 76.7 Å². The van der Waals surface area contributed by atoms with Gasteiger partial charge in [0.25, 0.3) is 0 Å². The lowest BCUT2D eigenvalue weighted by Gasteiger charge is -2.08. The van der Waals surface area contributed by atoms with Crippen molar-refractivity contribution in [3.8, 4) is 0 Å². The van der Waals surface area contributed by atoms with Crippen LogP contribution in [0.15, 0.2) is 30.5 Å². The van der Waals surface area contributed by atoms with Crippen LogP contribution in [0.2, 0.25) is 0 Å². The van der Waals surface area contributed by atoms with Gasteiger partial charge in [-0.2, -0.15) is 10.2 Å². The number of nitrogens with two attached hydrogens (primary N) is 1. The normalized spacial score (nSPS) is 10.8. The van der Waals surface area contributed by atoms with E-state index in [2.05, 4.69) is 20.5 Å². The monoisotopic (exact) mass is 271 g/mol. The molecule has 0 radical (unpaired) electrons. The fourth-order valence-corrected chi connectivity index (χ4v) is 2.73. The molecule has 2 heterocycles. The van der Waals surface area contributed by atoms with E-state index in [9.17, 15) is 0 Å². The third-order valence-electron chi connectivity index (χ3n) is 2.75. The molecule has 3 N–H and O–H groups in total. The molecule has 0 saturated carbocycles. The maximum absolute atomic E-state index is 6.04. The molecular formula is C13H13N5S. The summed E-state index contributed by atoms with van der Waals surface area (Å²) in [7, 11) is 0. The molecule has 0 bridgehead atoms. The number of thiazole rings is 1. The molecule has 19 heavy (non-hydrogen) atoms. The first-order chi connectivity index (χ1) is 9.22. The number of rotatable bonds is 3. The van der Waals surface area contributed by atoms with Gasteiger partial charge in [0.1, 0.15) is 0 Å². The van der Waals surface area contributed by atoms with Gasteiger partial charge >= 0.3 is 0 Å². The number of hydrogen-bond acceptors (Lipinski definition) is 6. The van der Waals surface area contributed by atoms with E-state index in [0.29, 0.717) is 6.54 Å². The molecule has 3 rings (SSSR count). The molecule has 0 aliphatic carbocycles. The van der Waals surface area contributed by atoms with Gasteiger partial charge in [0.2, 0.25) is 0 Å². The Morgan fingerprint density at radius 2 is 2.26 bits per heavy atom. The van der Waals surface area contributed by atoms with E-state index < -0.39 is 0 Å². The van der Waals surface area contributed by atoms with E-state index in [1.165, 1.54) is 0 Å². The highest BCUT2D eigenvalue weighted by atomic mass is 32.1. The van der Waals surface area contributed by atoms with Gasteiger partial charge in [-0.1, -0.05) is 0 Å². The van der Waals surface area contributed by atoms with Gasteiger partial charge < -0.3 is 11.1 Å². The summed E-state index contributed by atoms with van der Waals surface area (Å²) in [6.07, 6.45) is 1.65. The van der Waals surface area contributed by atoms with Crippen LogP contribution >= 0.6 is 11.3 Å². The van der Waals surface area contributed by atoms with Crippen LogP contribution in [0.3, 0.4) is 0 Å². The Morgan fingerprint density at radius 1 is 1.37 bits per heavy atom.